The molecule has 0 unspecified atom stereocenters. The first-order valence-electron chi connectivity index (χ1n) is 8.24. The van der Waals surface area contributed by atoms with Crippen molar-refractivity contribution in [3.05, 3.63) is 71.4 Å². The van der Waals surface area contributed by atoms with Crippen LogP contribution in [0, 0.1) is 0 Å². The summed E-state index contributed by atoms with van der Waals surface area (Å²) in [6, 6.07) is 21.3. The first kappa shape index (κ1) is 16.9. The van der Waals surface area contributed by atoms with Gasteiger partial charge in [0.25, 0.3) is 0 Å². The second-order valence-electron chi connectivity index (χ2n) is 5.79. The maximum Gasteiger partial charge on any atom is 0.137 e. The molecule has 0 N–H and O–H groups in total. The Hall–Kier alpha value is -2.56. The Morgan fingerprint density at radius 1 is 0.500 bits per heavy atom. The van der Waals surface area contributed by atoms with Crippen molar-refractivity contribution < 1.29 is 9.47 Å². The molecule has 0 spiro atoms. The molecule has 2 heterocycles. The van der Waals surface area contributed by atoms with Crippen molar-refractivity contribution in [1.82, 2.24) is 0 Å². The van der Waals surface area contributed by atoms with Crippen molar-refractivity contribution in [3.63, 3.8) is 0 Å². The second-order valence-corrected chi connectivity index (χ2v) is 7.62. The summed E-state index contributed by atoms with van der Waals surface area (Å²) < 4.78 is 10.8. The van der Waals surface area contributed by atoms with E-state index in [1.165, 1.54) is 32.0 Å². The Labute approximate surface area is 161 Å². The molecule has 0 aliphatic heterocycles. The van der Waals surface area contributed by atoms with E-state index in [9.17, 15) is 0 Å². The normalized spacial score (nSPS) is 10.7. The molecule has 4 heteroatoms. The molecule has 2 nitrogen and oxygen atoms in total. The summed E-state index contributed by atoms with van der Waals surface area (Å²) in [6.07, 6.45) is 0. The molecule has 0 bridgehead atoms. The first-order chi connectivity index (χ1) is 12.8. The van der Waals surface area contributed by atoms with Crippen LogP contribution >= 0.6 is 22.7 Å². The van der Waals surface area contributed by atoms with Crippen molar-refractivity contribution in [1.29, 1.82) is 0 Å². The third-order valence-corrected chi connectivity index (χ3v) is 6.22. The van der Waals surface area contributed by atoms with E-state index in [0.29, 0.717) is 0 Å². The van der Waals surface area contributed by atoms with Crippen LogP contribution in [0.1, 0.15) is 0 Å². The molecule has 0 aliphatic carbocycles. The molecule has 4 rings (SSSR count). The molecule has 26 heavy (non-hydrogen) atoms. The second kappa shape index (κ2) is 7.36. The fourth-order valence-electron chi connectivity index (χ4n) is 2.97. The topological polar surface area (TPSA) is 18.5 Å². The van der Waals surface area contributed by atoms with Crippen molar-refractivity contribution in [2.45, 2.75) is 0 Å². The number of rotatable bonds is 5. The van der Waals surface area contributed by atoms with E-state index in [-0.39, 0.29) is 0 Å². The van der Waals surface area contributed by atoms with Gasteiger partial charge in [0, 0.05) is 0 Å². The third kappa shape index (κ3) is 3.14. The van der Waals surface area contributed by atoms with E-state index in [0.717, 1.165) is 11.5 Å². The zero-order chi connectivity index (χ0) is 17.9. The van der Waals surface area contributed by atoms with Gasteiger partial charge >= 0.3 is 0 Å². The summed E-state index contributed by atoms with van der Waals surface area (Å²) in [6.45, 7) is 0. The molecule has 0 aliphatic rings. The van der Waals surface area contributed by atoms with Crippen LogP contribution in [-0.2, 0) is 0 Å². The standard InChI is InChI=1S/C22H18O2S2/c1-23-19-11-13-25-21(19)17-7-3-15(4-8-17)16-5-9-18(10-6-16)22-20(24-2)12-14-26-22/h3-14H,1-2H3. The molecule has 2 aromatic carbocycles. The average molecular weight is 379 g/mol. The summed E-state index contributed by atoms with van der Waals surface area (Å²) in [5.41, 5.74) is 4.77. The molecule has 130 valence electrons. The Balaban J connectivity index is 1.60. The number of hydrogen-bond donors (Lipinski definition) is 0. The maximum atomic E-state index is 5.42. The SMILES string of the molecule is COc1ccsc1-c1ccc(-c2ccc(-c3sccc3OC)cc2)cc1. The lowest BCUT2D eigenvalue weighted by atomic mass is 10.0. The minimum atomic E-state index is 0.928. The van der Waals surface area contributed by atoms with Crippen molar-refractivity contribution in [2.75, 3.05) is 14.2 Å². The van der Waals surface area contributed by atoms with Crippen molar-refractivity contribution in [3.8, 4) is 43.5 Å². The van der Waals surface area contributed by atoms with Crippen LogP contribution in [0.15, 0.2) is 71.4 Å². The van der Waals surface area contributed by atoms with Crippen LogP contribution < -0.4 is 9.47 Å². The highest BCUT2D eigenvalue weighted by Gasteiger charge is 2.09. The van der Waals surface area contributed by atoms with Gasteiger partial charge in [-0.2, -0.15) is 0 Å². The zero-order valence-corrected chi connectivity index (χ0v) is 16.2. The molecule has 0 saturated carbocycles. The molecule has 0 amide bonds. The fourth-order valence-corrected chi connectivity index (χ4v) is 4.70. The van der Waals surface area contributed by atoms with E-state index in [2.05, 4.69) is 59.3 Å². The number of ether oxygens (including phenoxy) is 2. The predicted molar refractivity (Wildman–Crippen MR) is 112 cm³/mol. The van der Waals surface area contributed by atoms with E-state index in [1.54, 1.807) is 36.9 Å². The molecular formula is C22H18O2S2. The van der Waals surface area contributed by atoms with Gasteiger partial charge in [0.1, 0.15) is 11.5 Å². The number of hydrogen-bond acceptors (Lipinski definition) is 4. The lowest BCUT2D eigenvalue weighted by Gasteiger charge is -2.07. The van der Waals surface area contributed by atoms with Gasteiger partial charge in [0.15, 0.2) is 0 Å². The van der Waals surface area contributed by atoms with Gasteiger partial charge in [-0.3, -0.25) is 0 Å². The summed E-state index contributed by atoms with van der Waals surface area (Å²) >= 11 is 3.39. The highest BCUT2D eigenvalue weighted by Crippen LogP contribution is 2.38. The minimum Gasteiger partial charge on any atom is -0.495 e. The van der Waals surface area contributed by atoms with Gasteiger partial charge in [-0.05, 0) is 45.1 Å². The monoisotopic (exact) mass is 378 g/mol. The summed E-state index contributed by atoms with van der Waals surface area (Å²) in [7, 11) is 3.42. The van der Waals surface area contributed by atoms with E-state index in [1.807, 2.05) is 12.1 Å². The summed E-state index contributed by atoms with van der Waals surface area (Å²) in [4.78, 5) is 2.33. The van der Waals surface area contributed by atoms with Crippen LogP contribution in [0.2, 0.25) is 0 Å². The van der Waals surface area contributed by atoms with Crippen LogP contribution in [0.25, 0.3) is 32.0 Å². The van der Waals surface area contributed by atoms with Crippen LogP contribution in [0.5, 0.6) is 11.5 Å². The Bertz CT molecular complexity index is 912. The Morgan fingerprint density at radius 3 is 1.19 bits per heavy atom. The van der Waals surface area contributed by atoms with E-state index in [4.69, 9.17) is 9.47 Å². The average Bonchev–Trinajstić information content (AvgIpc) is 3.37. The van der Waals surface area contributed by atoms with Crippen LogP contribution in [0.3, 0.4) is 0 Å². The molecule has 0 radical (unpaired) electrons. The molecule has 2 aromatic heterocycles. The molecular weight excluding hydrogens is 360 g/mol. The lowest BCUT2D eigenvalue weighted by molar-refractivity contribution is 0.418. The van der Waals surface area contributed by atoms with Gasteiger partial charge < -0.3 is 9.47 Å². The highest BCUT2D eigenvalue weighted by molar-refractivity contribution is 7.14. The van der Waals surface area contributed by atoms with Gasteiger partial charge in [-0.25, -0.2) is 0 Å². The van der Waals surface area contributed by atoms with Crippen LogP contribution in [-0.4, -0.2) is 14.2 Å². The quantitative estimate of drug-likeness (QED) is 0.379. The van der Waals surface area contributed by atoms with Gasteiger partial charge in [0.2, 0.25) is 0 Å². The number of benzene rings is 2. The zero-order valence-electron chi connectivity index (χ0n) is 14.6. The van der Waals surface area contributed by atoms with Gasteiger partial charge in [-0.15, -0.1) is 22.7 Å². The Kier molecular flexibility index (Phi) is 4.78. The van der Waals surface area contributed by atoms with Crippen LogP contribution in [0.4, 0.5) is 0 Å². The molecule has 0 fully saturated rings. The summed E-state index contributed by atoms with van der Waals surface area (Å²) in [5, 5.41) is 4.11. The molecule has 0 atom stereocenters. The third-order valence-electron chi connectivity index (χ3n) is 4.33. The van der Waals surface area contributed by atoms with Crippen molar-refractivity contribution >= 4 is 22.7 Å². The van der Waals surface area contributed by atoms with Gasteiger partial charge in [0.05, 0.1) is 24.0 Å². The number of thiophene rings is 2. The maximum absolute atomic E-state index is 5.42. The van der Waals surface area contributed by atoms with E-state index < -0.39 is 0 Å². The van der Waals surface area contributed by atoms with Crippen molar-refractivity contribution in [2.24, 2.45) is 0 Å². The Morgan fingerprint density at radius 2 is 0.846 bits per heavy atom. The fraction of sp³-hybridized carbons (Fsp3) is 0.0909. The summed E-state index contributed by atoms with van der Waals surface area (Å²) in [5.74, 6) is 1.86. The predicted octanol–water partition coefficient (Wildman–Crippen LogP) is 6.83. The molecule has 4 aromatic rings. The number of methoxy groups -OCH3 is 2. The highest BCUT2D eigenvalue weighted by atomic mass is 32.1. The van der Waals surface area contributed by atoms with Gasteiger partial charge in [-0.1, -0.05) is 48.5 Å². The lowest BCUT2D eigenvalue weighted by Crippen LogP contribution is -1.84. The smallest absolute Gasteiger partial charge is 0.137 e. The minimum absolute atomic E-state index is 0.928. The first-order valence-corrected chi connectivity index (χ1v) is 10.0. The molecule has 0 saturated heterocycles. The largest absolute Gasteiger partial charge is 0.495 e. The van der Waals surface area contributed by atoms with E-state index >= 15 is 0 Å².